The monoisotopic (exact) mass is 299 g/mol. The Labute approximate surface area is 122 Å². The van der Waals surface area contributed by atoms with E-state index in [9.17, 15) is 8.42 Å². The van der Waals surface area contributed by atoms with Gasteiger partial charge in [-0.2, -0.15) is 0 Å². The van der Waals surface area contributed by atoms with E-state index in [1.165, 1.54) is 0 Å². The highest BCUT2D eigenvalue weighted by Crippen LogP contribution is 2.19. The molecular formula is C15H25NO3S. The molecule has 0 bridgehead atoms. The predicted octanol–water partition coefficient (Wildman–Crippen LogP) is 2.02. The molecule has 0 aliphatic heterocycles. The van der Waals surface area contributed by atoms with E-state index < -0.39 is 9.84 Å². The molecule has 0 radical (unpaired) electrons. The average Bonchev–Trinajstić information content (AvgIpc) is 2.35. The van der Waals surface area contributed by atoms with E-state index in [0.29, 0.717) is 13.0 Å². The zero-order valence-corrected chi connectivity index (χ0v) is 13.6. The molecule has 1 rings (SSSR count). The first kappa shape index (κ1) is 17.1. The van der Waals surface area contributed by atoms with Crippen LogP contribution in [0.3, 0.4) is 0 Å². The summed E-state index contributed by atoms with van der Waals surface area (Å²) in [4.78, 5) is 0. The van der Waals surface area contributed by atoms with Crippen molar-refractivity contribution >= 4 is 9.84 Å². The normalized spacial score (nSPS) is 13.4. The van der Waals surface area contributed by atoms with Crippen LogP contribution in [0.4, 0.5) is 0 Å². The minimum absolute atomic E-state index is 0.121. The van der Waals surface area contributed by atoms with Crippen molar-refractivity contribution in [3.8, 4) is 0 Å². The van der Waals surface area contributed by atoms with E-state index in [1.807, 2.05) is 26.0 Å². The molecule has 20 heavy (non-hydrogen) atoms. The molecule has 1 atom stereocenters. The summed E-state index contributed by atoms with van der Waals surface area (Å²) in [7, 11) is 0.299. The van der Waals surface area contributed by atoms with Crippen molar-refractivity contribution in [2.24, 2.45) is 0 Å². The summed E-state index contributed by atoms with van der Waals surface area (Å²) < 4.78 is 29.1. The van der Waals surface area contributed by atoms with Gasteiger partial charge >= 0.3 is 0 Å². The number of hydrogen-bond donors (Lipinski definition) is 1. The number of aryl methyl sites for hydroxylation is 2. The van der Waals surface area contributed by atoms with Crippen LogP contribution in [-0.2, 0) is 14.6 Å². The Kier molecular flexibility index (Phi) is 6.65. The SMILES string of the molecule is CNC(CS(=O)(=O)CCCOC)c1cc(C)cc(C)c1. The van der Waals surface area contributed by atoms with Gasteiger partial charge in [0.15, 0.2) is 9.84 Å². The van der Waals surface area contributed by atoms with Crippen molar-refractivity contribution in [1.29, 1.82) is 0 Å². The van der Waals surface area contributed by atoms with Gasteiger partial charge in [0.1, 0.15) is 0 Å². The maximum Gasteiger partial charge on any atom is 0.152 e. The number of methoxy groups -OCH3 is 1. The molecule has 1 aromatic carbocycles. The molecular weight excluding hydrogens is 274 g/mol. The van der Waals surface area contributed by atoms with Crippen LogP contribution in [0.2, 0.25) is 0 Å². The van der Waals surface area contributed by atoms with E-state index in [-0.39, 0.29) is 17.5 Å². The largest absolute Gasteiger partial charge is 0.385 e. The zero-order chi connectivity index (χ0) is 15.2. The summed E-state index contributed by atoms with van der Waals surface area (Å²) in [6.07, 6.45) is 0.544. The number of hydrogen-bond acceptors (Lipinski definition) is 4. The van der Waals surface area contributed by atoms with Crippen LogP contribution in [0.25, 0.3) is 0 Å². The molecule has 0 aliphatic carbocycles. The van der Waals surface area contributed by atoms with Crippen molar-refractivity contribution in [3.63, 3.8) is 0 Å². The summed E-state index contributed by atoms with van der Waals surface area (Å²) in [6, 6.07) is 6.00. The van der Waals surface area contributed by atoms with Gasteiger partial charge in [-0.05, 0) is 32.9 Å². The third-order valence-corrected chi connectivity index (χ3v) is 4.97. The van der Waals surface area contributed by atoms with Gasteiger partial charge in [0, 0.05) is 19.8 Å². The number of sulfone groups is 1. The minimum atomic E-state index is -3.08. The Morgan fingerprint density at radius 1 is 1.20 bits per heavy atom. The molecule has 0 amide bonds. The van der Waals surface area contributed by atoms with Gasteiger partial charge < -0.3 is 10.1 Å². The molecule has 0 saturated heterocycles. The smallest absolute Gasteiger partial charge is 0.152 e. The number of benzene rings is 1. The van der Waals surface area contributed by atoms with Crippen LogP contribution < -0.4 is 5.32 Å². The molecule has 114 valence electrons. The topological polar surface area (TPSA) is 55.4 Å². The van der Waals surface area contributed by atoms with Gasteiger partial charge in [-0.25, -0.2) is 8.42 Å². The lowest BCUT2D eigenvalue weighted by Gasteiger charge is -2.18. The van der Waals surface area contributed by atoms with Crippen LogP contribution >= 0.6 is 0 Å². The second-order valence-electron chi connectivity index (χ2n) is 5.22. The van der Waals surface area contributed by atoms with Crippen molar-refractivity contribution < 1.29 is 13.2 Å². The van der Waals surface area contributed by atoms with E-state index in [4.69, 9.17) is 4.74 Å². The molecule has 4 nitrogen and oxygen atoms in total. The summed E-state index contributed by atoms with van der Waals surface area (Å²) in [5.41, 5.74) is 3.33. The van der Waals surface area contributed by atoms with Crippen LogP contribution in [0, 0.1) is 13.8 Å². The van der Waals surface area contributed by atoms with Crippen molar-refractivity contribution in [2.45, 2.75) is 26.3 Å². The third-order valence-electron chi connectivity index (χ3n) is 3.22. The fourth-order valence-electron chi connectivity index (χ4n) is 2.32. The van der Waals surface area contributed by atoms with Gasteiger partial charge in [-0.1, -0.05) is 29.3 Å². The maximum atomic E-state index is 12.1. The Hall–Kier alpha value is -0.910. The fraction of sp³-hybridized carbons (Fsp3) is 0.600. The molecule has 1 N–H and O–H groups in total. The predicted molar refractivity (Wildman–Crippen MR) is 82.9 cm³/mol. The standard InChI is InChI=1S/C15H25NO3S/c1-12-8-13(2)10-14(9-12)15(16-3)11-20(17,18)7-5-6-19-4/h8-10,15-16H,5-7,11H2,1-4H3. The Bertz CT molecular complexity index is 506. The Morgan fingerprint density at radius 3 is 2.30 bits per heavy atom. The first-order valence-electron chi connectivity index (χ1n) is 6.83. The van der Waals surface area contributed by atoms with Crippen LogP contribution in [0.1, 0.15) is 29.2 Å². The first-order valence-corrected chi connectivity index (χ1v) is 8.65. The first-order chi connectivity index (χ1) is 9.38. The summed E-state index contributed by atoms with van der Waals surface area (Å²) in [6.45, 7) is 4.53. The maximum absolute atomic E-state index is 12.1. The van der Waals surface area contributed by atoms with E-state index in [1.54, 1.807) is 14.2 Å². The Balaban J connectivity index is 2.80. The molecule has 0 aliphatic rings. The molecule has 1 unspecified atom stereocenters. The van der Waals surface area contributed by atoms with E-state index in [0.717, 1.165) is 16.7 Å². The van der Waals surface area contributed by atoms with Crippen LogP contribution in [0.5, 0.6) is 0 Å². The van der Waals surface area contributed by atoms with Gasteiger partial charge in [0.2, 0.25) is 0 Å². The summed E-state index contributed by atoms with van der Waals surface area (Å²) in [5, 5.41) is 3.11. The molecule has 5 heteroatoms. The Morgan fingerprint density at radius 2 is 1.80 bits per heavy atom. The molecule has 0 heterocycles. The zero-order valence-electron chi connectivity index (χ0n) is 12.8. The summed E-state index contributed by atoms with van der Waals surface area (Å²) in [5.74, 6) is 0.292. The lowest BCUT2D eigenvalue weighted by atomic mass is 10.0. The minimum Gasteiger partial charge on any atom is -0.385 e. The van der Waals surface area contributed by atoms with Crippen molar-refractivity contribution in [3.05, 3.63) is 34.9 Å². The molecule has 1 aromatic rings. The third kappa shape index (κ3) is 5.61. The molecule has 0 aromatic heterocycles. The van der Waals surface area contributed by atoms with Crippen molar-refractivity contribution in [2.75, 3.05) is 32.3 Å². The molecule has 0 spiro atoms. The number of ether oxygens (including phenoxy) is 1. The highest BCUT2D eigenvalue weighted by atomic mass is 32.2. The number of nitrogens with one attached hydrogen (secondary N) is 1. The second kappa shape index (κ2) is 7.76. The quantitative estimate of drug-likeness (QED) is 0.746. The van der Waals surface area contributed by atoms with Crippen molar-refractivity contribution in [1.82, 2.24) is 5.32 Å². The summed E-state index contributed by atoms with van der Waals surface area (Å²) >= 11 is 0. The van der Waals surface area contributed by atoms with E-state index in [2.05, 4.69) is 11.4 Å². The van der Waals surface area contributed by atoms with Gasteiger partial charge in [0.25, 0.3) is 0 Å². The fourth-order valence-corrected chi connectivity index (χ4v) is 3.91. The molecule has 0 fully saturated rings. The highest BCUT2D eigenvalue weighted by Gasteiger charge is 2.19. The highest BCUT2D eigenvalue weighted by molar-refractivity contribution is 7.91. The van der Waals surface area contributed by atoms with Gasteiger partial charge in [-0.15, -0.1) is 0 Å². The number of rotatable bonds is 8. The lowest BCUT2D eigenvalue weighted by Crippen LogP contribution is -2.27. The van der Waals surface area contributed by atoms with Gasteiger partial charge in [-0.3, -0.25) is 0 Å². The second-order valence-corrected chi connectivity index (χ2v) is 7.45. The van der Waals surface area contributed by atoms with E-state index >= 15 is 0 Å². The average molecular weight is 299 g/mol. The lowest BCUT2D eigenvalue weighted by molar-refractivity contribution is 0.199. The van der Waals surface area contributed by atoms with Gasteiger partial charge in [0.05, 0.1) is 11.5 Å². The van der Waals surface area contributed by atoms with Crippen LogP contribution in [0.15, 0.2) is 18.2 Å². The van der Waals surface area contributed by atoms with Crippen LogP contribution in [-0.4, -0.2) is 40.7 Å². The molecule has 0 saturated carbocycles.